The molecule has 1 aromatic carbocycles. The highest BCUT2D eigenvalue weighted by atomic mass is 16.3. The smallest absolute Gasteiger partial charge is 0.295 e. The molecule has 1 aliphatic heterocycles. The summed E-state index contributed by atoms with van der Waals surface area (Å²) in [5.74, 6) is -1.28. The Balaban J connectivity index is 1.69. The second-order valence-electron chi connectivity index (χ2n) is 7.40. The van der Waals surface area contributed by atoms with Gasteiger partial charge in [-0.2, -0.15) is 0 Å². The van der Waals surface area contributed by atoms with Gasteiger partial charge in [-0.1, -0.05) is 29.8 Å². The number of nitrogens with zero attached hydrogens (tertiary/aromatic N) is 2. The third-order valence-electron chi connectivity index (χ3n) is 5.50. The predicted octanol–water partition coefficient (Wildman–Crippen LogP) is 3.45. The van der Waals surface area contributed by atoms with Crippen molar-refractivity contribution in [2.24, 2.45) is 11.8 Å². The van der Waals surface area contributed by atoms with Gasteiger partial charge >= 0.3 is 0 Å². The van der Waals surface area contributed by atoms with Gasteiger partial charge in [0.15, 0.2) is 5.76 Å². The summed E-state index contributed by atoms with van der Waals surface area (Å²) in [6, 6.07) is 8.93. The molecule has 0 saturated carbocycles. The van der Waals surface area contributed by atoms with Crippen LogP contribution in [0, 0.1) is 25.7 Å². The Kier molecular flexibility index (Phi) is 4.63. The first-order chi connectivity index (χ1) is 13.5. The first kappa shape index (κ1) is 18.2. The fourth-order valence-electron chi connectivity index (χ4n) is 4.04. The molecule has 1 saturated heterocycles. The van der Waals surface area contributed by atoms with E-state index < -0.39 is 0 Å². The van der Waals surface area contributed by atoms with E-state index in [4.69, 9.17) is 4.42 Å². The second-order valence-corrected chi connectivity index (χ2v) is 7.40. The van der Waals surface area contributed by atoms with Crippen LogP contribution in [0.15, 0.2) is 53.2 Å². The summed E-state index contributed by atoms with van der Waals surface area (Å²) < 4.78 is 5.28. The number of benzene rings is 1. The molecule has 1 aliphatic carbocycles. The van der Waals surface area contributed by atoms with E-state index in [1.54, 1.807) is 12.1 Å². The minimum absolute atomic E-state index is 0.117. The van der Waals surface area contributed by atoms with E-state index in [-0.39, 0.29) is 42.0 Å². The Morgan fingerprint density at radius 1 is 1.11 bits per heavy atom. The van der Waals surface area contributed by atoms with Crippen LogP contribution >= 0.6 is 0 Å². The topological polar surface area (TPSA) is 70.8 Å². The SMILES string of the molecule is Cc1ccc(N(CN2C(=O)[C@H]3CC=CC[C@H]3C2=O)C(=O)c2ccco2)c(C)c1. The Morgan fingerprint density at radius 3 is 2.36 bits per heavy atom. The van der Waals surface area contributed by atoms with Crippen LogP contribution in [-0.4, -0.2) is 29.3 Å². The molecule has 3 amide bonds. The summed E-state index contributed by atoms with van der Waals surface area (Å²) in [5, 5.41) is 0. The Hall–Kier alpha value is -3.15. The van der Waals surface area contributed by atoms with Crippen molar-refractivity contribution in [1.29, 1.82) is 0 Å². The number of likely N-dealkylation sites (tertiary alicyclic amines) is 1. The summed E-state index contributed by atoms with van der Waals surface area (Å²) in [4.78, 5) is 41.6. The minimum Gasteiger partial charge on any atom is -0.459 e. The molecule has 2 aromatic rings. The monoisotopic (exact) mass is 378 g/mol. The van der Waals surface area contributed by atoms with Gasteiger partial charge in [0.25, 0.3) is 5.91 Å². The molecule has 0 bridgehead atoms. The highest BCUT2D eigenvalue weighted by Crippen LogP contribution is 2.36. The molecule has 1 fully saturated rings. The van der Waals surface area contributed by atoms with Gasteiger partial charge in [0.05, 0.1) is 18.1 Å². The molecule has 0 radical (unpaired) electrons. The van der Waals surface area contributed by atoms with Crippen LogP contribution in [0.2, 0.25) is 0 Å². The van der Waals surface area contributed by atoms with Crippen molar-refractivity contribution in [1.82, 2.24) is 4.90 Å². The number of carbonyl (C=O) groups excluding carboxylic acids is 3. The van der Waals surface area contributed by atoms with Crippen LogP contribution in [0.3, 0.4) is 0 Å². The zero-order valence-corrected chi connectivity index (χ0v) is 15.9. The molecule has 2 atom stereocenters. The lowest BCUT2D eigenvalue weighted by Crippen LogP contribution is -2.45. The fraction of sp³-hybridized carbons (Fsp3) is 0.318. The third kappa shape index (κ3) is 3.05. The number of hydrogen-bond acceptors (Lipinski definition) is 4. The average Bonchev–Trinajstić information content (AvgIpc) is 3.30. The number of furan rings is 1. The van der Waals surface area contributed by atoms with E-state index in [1.807, 2.05) is 44.2 Å². The third-order valence-corrected chi connectivity index (χ3v) is 5.50. The maximum absolute atomic E-state index is 13.1. The van der Waals surface area contributed by atoms with Gasteiger partial charge in [0.2, 0.25) is 11.8 Å². The van der Waals surface area contributed by atoms with Gasteiger partial charge in [-0.25, -0.2) is 0 Å². The number of carbonyl (C=O) groups is 3. The molecule has 0 spiro atoms. The van der Waals surface area contributed by atoms with Crippen LogP contribution in [-0.2, 0) is 9.59 Å². The van der Waals surface area contributed by atoms with E-state index in [0.29, 0.717) is 18.5 Å². The van der Waals surface area contributed by atoms with Crippen LogP contribution in [0.4, 0.5) is 5.69 Å². The number of anilines is 1. The number of fused-ring (bicyclic) bond motifs is 1. The molecular weight excluding hydrogens is 356 g/mol. The lowest BCUT2D eigenvalue weighted by Gasteiger charge is -2.28. The first-order valence-corrected chi connectivity index (χ1v) is 9.40. The Morgan fingerprint density at radius 2 is 1.79 bits per heavy atom. The van der Waals surface area contributed by atoms with Crippen molar-refractivity contribution in [2.45, 2.75) is 26.7 Å². The summed E-state index contributed by atoms with van der Waals surface area (Å²) in [7, 11) is 0. The van der Waals surface area contributed by atoms with Crippen molar-refractivity contribution in [3.8, 4) is 0 Å². The largest absolute Gasteiger partial charge is 0.459 e. The fourth-order valence-corrected chi connectivity index (χ4v) is 4.04. The van der Waals surface area contributed by atoms with Crippen LogP contribution < -0.4 is 4.90 Å². The summed E-state index contributed by atoms with van der Waals surface area (Å²) in [6.45, 7) is 3.76. The lowest BCUT2D eigenvalue weighted by molar-refractivity contribution is -0.139. The van der Waals surface area contributed by atoms with E-state index in [2.05, 4.69) is 0 Å². The van der Waals surface area contributed by atoms with E-state index in [1.165, 1.54) is 16.1 Å². The van der Waals surface area contributed by atoms with Gasteiger partial charge < -0.3 is 4.42 Å². The zero-order chi connectivity index (χ0) is 19.8. The highest BCUT2D eigenvalue weighted by Gasteiger charge is 2.48. The number of allylic oxidation sites excluding steroid dienone is 2. The predicted molar refractivity (Wildman–Crippen MR) is 104 cm³/mol. The van der Waals surface area contributed by atoms with Gasteiger partial charge in [-0.3, -0.25) is 24.2 Å². The van der Waals surface area contributed by atoms with Gasteiger partial charge in [-0.05, 0) is 50.5 Å². The van der Waals surface area contributed by atoms with Crippen molar-refractivity contribution in [2.75, 3.05) is 11.6 Å². The maximum atomic E-state index is 13.1. The quantitative estimate of drug-likeness (QED) is 0.603. The van der Waals surface area contributed by atoms with Crippen molar-refractivity contribution < 1.29 is 18.8 Å². The molecule has 28 heavy (non-hydrogen) atoms. The van der Waals surface area contributed by atoms with E-state index in [0.717, 1.165) is 11.1 Å². The number of aryl methyl sites for hydroxylation is 2. The molecule has 2 aliphatic rings. The molecule has 1 aromatic heterocycles. The van der Waals surface area contributed by atoms with Gasteiger partial charge in [0, 0.05) is 5.69 Å². The van der Waals surface area contributed by atoms with Crippen molar-refractivity contribution >= 4 is 23.4 Å². The molecule has 4 rings (SSSR count). The molecule has 144 valence electrons. The average molecular weight is 378 g/mol. The summed E-state index contributed by atoms with van der Waals surface area (Å²) in [5.41, 5.74) is 2.61. The second kappa shape index (κ2) is 7.11. The van der Waals surface area contributed by atoms with E-state index in [9.17, 15) is 14.4 Å². The number of amides is 3. The molecule has 0 N–H and O–H groups in total. The molecule has 6 nitrogen and oxygen atoms in total. The Labute approximate surface area is 163 Å². The van der Waals surface area contributed by atoms with Crippen molar-refractivity contribution in [3.05, 3.63) is 65.6 Å². The maximum Gasteiger partial charge on any atom is 0.295 e. The van der Waals surface area contributed by atoms with E-state index >= 15 is 0 Å². The zero-order valence-electron chi connectivity index (χ0n) is 15.9. The standard InChI is InChI=1S/C22H22N2O4/c1-14-9-10-18(15(2)12-14)23(22(27)19-8-5-11-28-19)13-24-20(25)16-6-3-4-7-17(16)21(24)26/h3-5,8-12,16-17H,6-7,13H2,1-2H3/t16-,17+. The molecular formula is C22H22N2O4. The normalized spacial score (nSPS) is 21.1. The van der Waals surface area contributed by atoms with Crippen LogP contribution in [0.5, 0.6) is 0 Å². The number of imide groups is 1. The highest BCUT2D eigenvalue weighted by molar-refractivity contribution is 6.08. The minimum atomic E-state index is -0.384. The van der Waals surface area contributed by atoms with Crippen molar-refractivity contribution in [3.63, 3.8) is 0 Å². The number of hydrogen-bond donors (Lipinski definition) is 0. The molecule has 2 heterocycles. The first-order valence-electron chi connectivity index (χ1n) is 9.40. The van der Waals surface area contributed by atoms with Crippen LogP contribution in [0.25, 0.3) is 0 Å². The van der Waals surface area contributed by atoms with Gasteiger partial charge in [0.1, 0.15) is 6.67 Å². The summed E-state index contributed by atoms with van der Waals surface area (Å²) >= 11 is 0. The molecule has 0 unspecified atom stereocenters. The Bertz CT molecular complexity index is 935. The van der Waals surface area contributed by atoms with Crippen LogP contribution in [0.1, 0.15) is 34.5 Å². The summed E-state index contributed by atoms with van der Waals surface area (Å²) in [6.07, 6.45) is 6.47. The lowest BCUT2D eigenvalue weighted by atomic mass is 9.85. The van der Waals surface area contributed by atoms with Gasteiger partial charge in [-0.15, -0.1) is 0 Å². The number of rotatable bonds is 4. The molecule has 6 heteroatoms.